The van der Waals surface area contributed by atoms with Gasteiger partial charge < -0.3 is 4.74 Å². The van der Waals surface area contributed by atoms with Gasteiger partial charge in [-0.15, -0.1) is 6.42 Å². The molecule has 0 atom stereocenters. The molecule has 1 aromatic rings. The van der Waals surface area contributed by atoms with Gasteiger partial charge in [-0.1, -0.05) is 13.8 Å². The molecular weight excluding hydrogens is 168 g/mol. The first-order chi connectivity index (χ1) is 6.27. The van der Waals surface area contributed by atoms with Crippen molar-refractivity contribution in [3.8, 4) is 18.1 Å². The fraction of sp³-hybridized carbons (Fsp3) is 0.333. The molecule has 0 radical (unpaired) electrons. The molecule has 0 aromatic carbocycles. The summed E-state index contributed by atoms with van der Waals surface area (Å²) >= 11 is 0. The van der Waals surface area contributed by atoms with Crippen LogP contribution in [0.5, 0.6) is 5.75 Å². The second-order valence-corrected chi connectivity index (χ2v) is 1.77. The largest absolute Gasteiger partial charge is 0.490 e. The van der Waals surface area contributed by atoms with E-state index in [0.717, 1.165) is 0 Å². The minimum atomic E-state index is -0.365. The Bertz CT molecular complexity index is 349. The first-order valence-corrected chi connectivity index (χ1v) is 3.88. The molecule has 13 heavy (non-hydrogen) atoms. The standard InChI is InChI=1S/C7H6N2O2.C2H6/c1-3-6-8-4-5(11-2)7(10)9-6;1-2/h1,4H,2H3,(H,8,9,10);1-2H3. The number of ether oxygens (including phenoxy) is 1. The van der Waals surface area contributed by atoms with Crippen molar-refractivity contribution < 1.29 is 4.74 Å². The van der Waals surface area contributed by atoms with E-state index < -0.39 is 0 Å². The van der Waals surface area contributed by atoms with Crippen LogP contribution < -0.4 is 10.3 Å². The van der Waals surface area contributed by atoms with E-state index in [0.29, 0.717) is 0 Å². The highest BCUT2D eigenvalue weighted by atomic mass is 16.5. The molecule has 0 fully saturated rings. The molecule has 0 aliphatic carbocycles. The molecular formula is C9H12N2O2. The third kappa shape index (κ3) is 2.99. The summed E-state index contributed by atoms with van der Waals surface area (Å²) in [7, 11) is 1.39. The number of terminal acetylenes is 1. The molecule has 1 aromatic heterocycles. The number of rotatable bonds is 1. The minimum absolute atomic E-state index is 0.156. The maximum atomic E-state index is 10.9. The van der Waals surface area contributed by atoms with Crippen molar-refractivity contribution in [2.45, 2.75) is 13.8 Å². The molecule has 4 heteroatoms. The van der Waals surface area contributed by atoms with Gasteiger partial charge in [0, 0.05) is 0 Å². The van der Waals surface area contributed by atoms with Crippen LogP contribution in [-0.4, -0.2) is 17.1 Å². The van der Waals surface area contributed by atoms with Crippen LogP contribution in [0.3, 0.4) is 0 Å². The summed E-state index contributed by atoms with van der Waals surface area (Å²) < 4.78 is 4.67. The van der Waals surface area contributed by atoms with Crippen LogP contribution >= 0.6 is 0 Å². The molecule has 0 aliphatic rings. The van der Waals surface area contributed by atoms with Gasteiger partial charge in [0.25, 0.3) is 5.56 Å². The van der Waals surface area contributed by atoms with Crippen LogP contribution in [0.2, 0.25) is 0 Å². The van der Waals surface area contributed by atoms with Crippen molar-refractivity contribution in [3.05, 3.63) is 22.4 Å². The SMILES string of the molecule is C#Cc1ncc(OC)c(=O)[nH]1.CC. The van der Waals surface area contributed by atoms with E-state index in [1.807, 2.05) is 13.8 Å². The van der Waals surface area contributed by atoms with Crippen molar-refractivity contribution in [1.82, 2.24) is 9.97 Å². The van der Waals surface area contributed by atoms with E-state index >= 15 is 0 Å². The van der Waals surface area contributed by atoms with Gasteiger partial charge >= 0.3 is 0 Å². The van der Waals surface area contributed by atoms with Gasteiger partial charge in [-0.3, -0.25) is 9.78 Å². The topological polar surface area (TPSA) is 55.0 Å². The first kappa shape index (κ1) is 11.2. The number of aromatic nitrogens is 2. The zero-order valence-corrected chi connectivity index (χ0v) is 7.92. The molecule has 0 unspecified atom stereocenters. The summed E-state index contributed by atoms with van der Waals surface area (Å²) in [5.41, 5.74) is -0.365. The van der Waals surface area contributed by atoms with Gasteiger partial charge in [0.1, 0.15) is 0 Å². The molecule has 0 aliphatic heterocycles. The zero-order chi connectivity index (χ0) is 10.3. The number of nitrogens with one attached hydrogen (secondary N) is 1. The molecule has 0 spiro atoms. The summed E-state index contributed by atoms with van der Waals surface area (Å²) in [6.45, 7) is 4.00. The van der Waals surface area contributed by atoms with E-state index in [4.69, 9.17) is 6.42 Å². The van der Waals surface area contributed by atoms with Gasteiger partial charge in [0.05, 0.1) is 13.3 Å². The van der Waals surface area contributed by atoms with Crippen LogP contribution in [-0.2, 0) is 0 Å². The Morgan fingerprint density at radius 2 is 2.23 bits per heavy atom. The van der Waals surface area contributed by atoms with E-state index in [-0.39, 0.29) is 17.1 Å². The maximum Gasteiger partial charge on any atom is 0.294 e. The molecule has 1 rings (SSSR count). The van der Waals surface area contributed by atoms with Crippen LogP contribution in [0.1, 0.15) is 19.7 Å². The molecule has 0 bridgehead atoms. The van der Waals surface area contributed by atoms with Gasteiger partial charge in [0.2, 0.25) is 5.75 Å². The lowest BCUT2D eigenvalue weighted by atomic mass is 10.5. The van der Waals surface area contributed by atoms with E-state index in [2.05, 4.69) is 20.6 Å². The Balaban J connectivity index is 0.000000671. The van der Waals surface area contributed by atoms with Crippen LogP contribution in [0.25, 0.3) is 0 Å². The maximum absolute atomic E-state index is 10.9. The second-order valence-electron chi connectivity index (χ2n) is 1.77. The average Bonchev–Trinajstić information content (AvgIpc) is 2.20. The van der Waals surface area contributed by atoms with Gasteiger partial charge in [-0.2, -0.15) is 0 Å². The quantitative estimate of drug-likeness (QED) is 0.650. The Labute approximate surface area is 77.0 Å². The highest BCUT2D eigenvalue weighted by Gasteiger charge is 1.98. The Hall–Kier alpha value is -1.76. The third-order valence-corrected chi connectivity index (χ3v) is 1.12. The van der Waals surface area contributed by atoms with Crippen LogP contribution in [0.15, 0.2) is 11.0 Å². The molecule has 0 saturated heterocycles. The number of aromatic amines is 1. The van der Waals surface area contributed by atoms with Crippen molar-refractivity contribution in [2.75, 3.05) is 7.11 Å². The molecule has 1 heterocycles. The smallest absolute Gasteiger partial charge is 0.294 e. The number of hydrogen-bond acceptors (Lipinski definition) is 3. The lowest BCUT2D eigenvalue weighted by molar-refractivity contribution is 0.405. The summed E-state index contributed by atoms with van der Waals surface area (Å²) in [4.78, 5) is 17.0. The molecule has 1 N–H and O–H groups in total. The van der Waals surface area contributed by atoms with Crippen molar-refractivity contribution in [2.24, 2.45) is 0 Å². The lowest BCUT2D eigenvalue weighted by Gasteiger charge is -1.95. The lowest BCUT2D eigenvalue weighted by Crippen LogP contribution is -2.11. The molecule has 70 valence electrons. The number of nitrogens with zero attached hydrogens (tertiary/aromatic N) is 1. The van der Waals surface area contributed by atoms with E-state index in [1.165, 1.54) is 13.3 Å². The monoisotopic (exact) mass is 180 g/mol. The second kappa shape index (κ2) is 5.84. The van der Waals surface area contributed by atoms with E-state index in [9.17, 15) is 4.79 Å². The van der Waals surface area contributed by atoms with E-state index in [1.54, 1.807) is 0 Å². The summed E-state index contributed by atoms with van der Waals surface area (Å²) in [5, 5.41) is 0. The Morgan fingerprint density at radius 3 is 2.62 bits per heavy atom. The average molecular weight is 180 g/mol. The fourth-order valence-corrected chi connectivity index (χ4v) is 0.602. The number of methoxy groups -OCH3 is 1. The summed E-state index contributed by atoms with van der Waals surface area (Å²) in [6.07, 6.45) is 6.27. The highest BCUT2D eigenvalue weighted by Crippen LogP contribution is 1.95. The predicted molar refractivity (Wildman–Crippen MR) is 50.7 cm³/mol. The summed E-state index contributed by atoms with van der Waals surface area (Å²) in [6, 6.07) is 0. The summed E-state index contributed by atoms with van der Waals surface area (Å²) in [5.74, 6) is 2.56. The highest BCUT2D eigenvalue weighted by molar-refractivity contribution is 5.20. The molecule has 4 nitrogen and oxygen atoms in total. The van der Waals surface area contributed by atoms with Gasteiger partial charge in [0.15, 0.2) is 5.82 Å². The normalized spacial score (nSPS) is 7.85. The first-order valence-electron chi connectivity index (χ1n) is 3.88. The molecule has 0 saturated carbocycles. The number of hydrogen-bond donors (Lipinski definition) is 1. The Kier molecular flexibility index (Phi) is 5.05. The van der Waals surface area contributed by atoms with Crippen molar-refractivity contribution >= 4 is 0 Å². The van der Waals surface area contributed by atoms with Gasteiger partial charge in [-0.25, -0.2) is 4.98 Å². The van der Waals surface area contributed by atoms with Crippen LogP contribution in [0.4, 0.5) is 0 Å². The number of H-pyrrole nitrogens is 1. The van der Waals surface area contributed by atoms with Gasteiger partial charge in [-0.05, 0) is 5.92 Å². The third-order valence-electron chi connectivity index (χ3n) is 1.12. The minimum Gasteiger partial charge on any atom is -0.490 e. The van der Waals surface area contributed by atoms with Crippen molar-refractivity contribution in [1.29, 1.82) is 0 Å². The fourth-order valence-electron chi connectivity index (χ4n) is 0.602. The van der Waals surface area contributed by atoms with Crippen LogP contribution in [0, 0.1) is 12.3 Å². The van der Waals surface area contributed by atoms with Crippen molar-refractivity contribution in [3.63, 3.8) is 0 Å². The zero-order valence-electron chi connectivity index (χ0n) is 7.92. The predicted octanol–water partition coefficient (Wildman–Crippen LogP) is 0.786. The Morgan fingerprint density at radius 1 is 1.62 bits per heavy atom. The molecule has 0 amide bonds.